The lowest BCUT2D eigenvalue weighted by Gasteiger charge is -2.10. The average molecular weight is 197 g/mol. The van der Waals surface area contributed by atoms with Gasteiger partial charge < -0.3 is 10.4 Å². The Morgan fingerprint density at radius 3 is 2.93 bits per heavy atom. The number of halogens is 1. The second-order valence-corrected chi connectivity index (χ2v) is 3.42. The molecule has 1 unspecified atom stereocenters. The Hall–Kier alpha value is -0.930. The number of rotatable bonds is 5. The highest BCUT2D eigenvalue weighted by Gasteiger charge is 1.98. The van der Waals surface area contributed by atoms with E-state index in [9.17, 15) is 4.39 Å². The zero-order valence-electron chi connectivity index (χ0n) is 8.33. The lowest BCUT2D eigenvalue weighted by Crippen LogP contribution is -2.30. The van der Waals surface area contributed by atoms with Crippen LogP contribution in [0.15, 0.2) is 24.3 Å². The summed E-state index contributed by atoms with van der Waals surface area (Å²) in [7, 11) is 0. The summed E-state index contributed by atoms with van der Waals surface area (Å²) >= 11 is 0. The van der Waals surface area contributed by atoms with Crippen LogP contribution in [0.4, 0.5) is 4.39 Å². The second-order valence-electron chi connectivity index (χ2n) is 3.42. The molecule has 2 nitrogen and oxygen atoms in total. The molecule has 1 atom stereocenters. The number of hydrogen-bond acceptors (Lipinski definition) is 2. The molecule has 1 rings (SSSR count). The molecule has 14 heavy (non-hydrogen) atoms. The molecule has 0 amide bonds. The number of hydrogen-bond donors (Lipinski definition) is 2. The molecule has 0 saturated heterocycles. The highest BCUT2D eigenvalue weighted by molar-refractivity contribution is 5.16. The van der Waals surface area contributed by atoms with Crippen LogP contribution in [0.1, 0.15) is 12.5 Å². The summed E-state index contributed by atoms with van der Waals surface area (Å²) in [5.41, 5.74) is 0.975. The maximum atomic E-state index is 12.8. The molecule has 0 aliphatic rings. The van der Waals surface area contributed by atoms with E-state index < -0.39 is 0 Å². The minimum absolute atomic E-state index is 0.101. The Morgan fingerprint density at radius 1 is 1.50 bits per heavy atom. The molecule has 0 fully saturated rings. The highest BCUT2D eigenvalue weighted by Crippen LogP contribution is 2.03. The van der Waals surface area contributed by atoms with Gasteiger partial charge in [0.15, 0.2) is 0 Å². The second kappa shape index (κ2) is 5.73. The van der Waals surface area contributed by atoms with Gasteiger partial charge in [0.05, 0.1) is 6.61 Å². The molecule has 3 heteroatoms. The van der Waals surface area contributed by atoms with Crippen molar-refractivity contribution in [1.82, 2.24) is 5.32 Å². The average Bonchev–Trinajstić information content (AvgIpc) is 2.17. The van der Waals surface area contributed by atoms with Gasteiger partial charge in [0.25, 0.3) is 0 Å². The lowest BCUT2D eigenvalue weighted by molar-refractivity contribution is 0.252. The van der Waals surface area contributed by atoms with Gasteiger partial charge in [-0.1, -0.05) is 12.1 Å². The summed E-state index contributed by atoms with van der Waals surface area (Å²) in [6, 6.07) is 6.68. The Morgan fingerprint density at radius 2 is 2.29 bits per heavy atom. The molecule has 0 saturated carbocycles. The van der Waals surface area contributed by atoms with Gasteiger partial charge in [-0.3, -0.25) is 0 Å². The number of aliphatic hydroxyl groups is 1. The van der Waals surface area contributed by atoms with Crippen LogP contribution in [0, 0.1) is 5.82 Å². The number of benzene rings is 1. The van der Waals surface area contributed by atoms with Gasteiger partial charge in [0, 0.05) is 6.04 Å². The molecule has 0 radical (unpaired) electrons. The fourth-order valence-corrected chi connectivity index (χ4v) is 1.22. The zero-order chi connectivity index (χ0) is 10.4. The maximum Gasteiger partial charge on any atom is 0.123 e. The summed E-state index contributed by atoms with van der Waals surface area (Å²) < 4.78 is 12.8. The van der Waals surface area contributed by atoms with Crippen molar-refractivity contribution in [2.24, 2.45) is 0 Å². The van der Waals surface area contributed by atoms with Crippen molar-refractivity contribution in [3.63, 3.8) is 0 Å². The molecule has 2 N–H and O–H groups in total. The summed E-state index contributed by atoms with van der Waals surface area (Å²) in [5.74, 6) is -0.197. The van der Waals surface area contributed by atoms with Crippen molar-refractivity contribution in [3.8, 4) is 0 Å². The molecular weight excluding hydrogens is 181 g/mol. The largest absolute Gasteiger partial charge is 0.395 e. The monoisotopic (exact) mass is 197 g/mol. The Labute approximate surface area is 83.8 Å². The van der Waals surface area contributed by atoms with E-state index in [-0.39, 0.29) is 18.5 Å². The van der Waals surface area contributed by atoms with Crippen molar-refractivity contribution >= 4 is 0 Å². The van der Waals surface area contributed by atoms with Crippen molar-refractivity contribution < 1.29 is 9.50 Å². The van der Waals surface area contributed by atoms with E-state index in [1.54, 1.807) is 6.07 Å². The fourth-order valence-electron chi connectivity index (χ4n) is 1.22. The molecule has 1 aromatic carbocycles. The van der Waals surface area contributed by atoms with Crippen LogP contribution in [-0.4, -0.2) is 24.3 Å². The van der Waals surface area contributed by atoms with Crippen molar-refractivity contribution in [2.45, 2.75) is 19.4 Å². The quantitative estimate of drug-likeness (QED) is 0.746. The predicted octanol–water partition coefficient (Wildman–Crippen LogP) is 1.34. The first-order chi connectivity index (χ1) is 6.72. The normalized spacial score (nSPS) is 12.8. The van der Waals surface area contributed by atoms with Crippen LogP contribution in [0.2, 0.25) is 0 Å². The van der Waals surface area contributed by atoms with Crippen molar-refractivity contribution in [2.75, 3.05) is 13.2 Å². The van der Waals surface area contributed by atoms with Gasteiger partial charge in [-0.15, -0.1) is 0 Å². The Balaban J connectivity index is 2.31. The topological polar surface area (TPSA) is 32.3 Å². The lowest BCUT2D eigenvalue weighted by atomic mass is 10.1. The standard InChI is InChI=1S/C11H16FNO/c1-9(8-14)13-6-5-10-3-2-4-11(12)7-10/h2-4,7,9,13-14H,5-6,8H2,1H3. The fraction of sp³-hybridized carbons (Fsp3) is 0.455. The summed E-state index contributed by atoms with van der Waals surface area (Å²) in [6.07, 6.45) is 0.780. The minimum Gasteiger partial charge on any atom is -0.395 e. The van der Waals surface area contributed by atoms with E-state index in [1.165, 1.54) is 12.1 Å². The van der Waals surface area contributed by atoms with Gasteiger partial charge in [-0.05, 0) is 37.6 Å². The third-order valence-corrected chi connectivity index (χ3v) is 2.07. The molecular formula is C11H16FNO. The van der Waals surface area contributed by atoms with Gasteiger partial charge in [0.1, 0.15) is 5.82 Å². The molecule has 0 aliphatic carbocycles. The van der Waals surface area contributed by atoms with Gasteiger partial charge in [-0.2, -0.15) is 0 Å². The summed E-state index contributed by atoms with van der Waals surface area (Å²) in [5, 5.41) is 11.9. The van der Waals surface area contributed by atoms with Crippen LogP contribution in [0.3, 0.4) is 0 Å². The van der Waals surface area contributed by atoms with Crippen LogP contribution >= 0.6 is 0 Å². The first-order valence-electron chi connectivity index (χ1n) is 4.81. The first-order valence-corrected chi connectivity index (χ1v) is 4.81. The van der Waals surface area contributed by atoms with E-state index in [0.717, 1.165) is 18.5 Å². The minimum atomic E-state index is -0.197. The summed E-state index contributed by atoms with van der Waals surface area (Å²) in [4.78, 5) is 0. The third-order valence-electron chi connectivity index (χ3n) is 2.07. The first kappa shape index (κ1) is 11.1. The van der Waals surface area contributed by atoms with Crippen molar-refractivity contribution in [3.05, 3.63) is 35.6 Å². The smallest absolute Gasteiger partial charge is 0.123 e. The van der Waals surface area contributed by atoms with Crippen LogP contribution in [-0.2, 0) is 6.42 Å². The van der Waals surface area contributed by atoms with E-state index in [2.05, 4.69) is 5.32 Å². The molecule has 0 aromatic heterocycles. The van der Waals surface area contributed by atoms with E-state index in [4.69, 9.17) is 5.11 Å². The molecule has 0 bridgehead atoms. The van der Waals surface area contributed by atoms with E-state index >= 15 is 0 Å². The highest BCUT2D eigenvalue weighted by atomic mass is 19.1. The third kappa shape index (κ3) is 3.85. The molecule has 0 spiro atoms. The molecule has 0 aliphatic heterocycles. The van der Waals surface area contributed by atoms with Crippen LogP contribution in [0.25, 0.3) is 0 Å². The SMILES string of the molecule is CC(CO)NCCc1cccc(F)c1. The van der Waals surface area contributed by atoms with Crippen LogP contribution < -0.4 is 5.32 Å². The predicted molar refractivity (Wildman–Crippen MR) is 54.7 cm³/mol. The number of nitrogens with one attached hydrogen (secondary N) is 1. The Bertz CT molecular complexity index is 278. The molecule has 1 aromatic rings. The van der Waals surface area contributed by atoms with Crippen molar-refractivity contribution in [1.29, 1.82) is 0 Å². The number of aliphatic hydroxyl groups excluding tert-OH is 1. The summed E-state index contributed by atoms with van der Waals surface area (Å²) in [6.45, 7) is 2.79. The van der Waals surface area contributed by atoms with Crippen LogP contribution in [0.5, 0.6) is 0 Å². The molecule has 78 valence electrons. The van der Waals surface area contributed by atoms with Gasteiger partial charge >= 0.3 is 0 Å². The van der Waals surface area contributed by atoms with Gasteiger partial charge in [0.2, 0.25) is 0 Å². The van der Waals surface area contributed by atoms with E-state index in [1.807, 2.05) is 13.0 Å². The molecule has 0 heterocycles. The Kier molecular flexibility index (Phi) is 4.56. The van der Waals surface area contributed by atoms with Gasteiger partial charge in [-0.25, -0.2) is 4.39 Å². The van der Waals surface area contributed by atoms with E-state index in [0.29, 0.717) is 0 Å². The zero-order valence-corrected chi connectivity index (χ0v) is 8.33. The maximum absolute atomic E-state index is 12.8.